The summed E-state index contributed by atoms with van der Waals surface area (Å²) in [7, 11) is -3.95. The van der Waals surface area contributed by atoms with Crippen LogP contribution in [-0.2, 0) is 16.6 Å². The van der Waals surface area contributed by atoms with Gasteiger partial charge in [0.2, 0.25) is 10.0 Å². The molecule has 5 nitrogen and oxygen atoms in total. The topological polar surface area (TPSA) is 74.0 Å². The molecule has 0 aliphatic rings. The largest absolute Gasteiger partial charge is 0.390 e. The highest BCUT2D eigenvalue weighted by molar-refractivity contribution is 7.89. The lowest BCUT2D eigenvalue weighted by Gasteiger charge is -2.15. The highest BCUT2D eigenvalue weighted by Crippen LogP contribution is 2.22. The summed E-state index contributed by atoms with van der Waals surface area (Å²) in [5, 5.41) is 3.01. The third kappa shape index (κ3) is 5.51. The van der Waals surface area contributed by atoms with Crippen LogP contribution in [0.5, 0.6) is 0 Å². The fourth-order valence-electron chi connectivity index (χ4n) is 1.66. The predicted molar refractivity (Wildman–Crippen MR) is 68.6 cm³/mol. The Kier molecular flexibility index (Phi) is 5.60. The van der Waals surface area contributed by atoms with Crippen LogP contribution in [0.4, 0.5) is 13.2 Å². The van der Waals surface area contributed by atoms with Crippen molar-refractivity contribution in [2.24, 2.45) is 0 Å². The molecule has 1 aromatic rings. The first-order valence-electron chi connectivity index (χ1n) is 6.11. The molecule has 1 aromatic heterocycles. The second kappa shape index (κ2) is 6.59. The van der Waals surface area contributed by atoms with E-state index in [2.05, 4.69) is 10.3 Å². The molecule has 0 radical (unpaired) electrons. The summed E-state index contributed by atoms with van der Waals surface area (Å²) < 4.78 is 62.3. The van der Waals surface area contributed by atoms with E-state index in [0.29, 0.717) is 12.2 Å². The maximum atomic E-state index is 12.2. The van der Waals surface area contributed by atoms with Crippen LogP contribution >= 0.6 is 0 Å². The molecular formula is C11H18F3N3O2S. The Balaban J connectivity index is 2.71. The van der Waals surface area contributed by atoms with Gasteiger partial charge >= 0.3 is 6.18 Å². The summed E-state index contributed by atoms with van der Waals surface area (Å²) in [5.74, 6) is 0. The first-order chi connectivity index (χ1) is 9.14. The van der Waals surface area contributed by atoms with Gasteiger partial charge in [0, 0.05) is 24.5 Å². The van der Waals surface area contributed by atoms with Crippen LogP contribution in [0.1, 0.15) is 26.0 Å². The molecule has 1 rings (SSSR count). The van der Waals surface area contributed by atoms with Gasteiger partial charge in [-0.15, -0.1) is 0 Å². The number of hydrogen-bond donors (Lipinski definition) is 3. The zero-order valence-electron chi connectivity index (χ0n) is 11.2. The van der Waals surface area contributed by atoms with E-state index in [0.717, 1.165) is 6.54 Å². The number of hydrogen-bond acceptors (Lipinski definition) is 3. The molecule has 0 aromatic carbocycles. The molecule has 116 valence electrons. The molecule has 1 atom stereocenters. The predicted octanol–water partition coefficient (Wildman–Crippen LogP) is 1.74. The van der Waals surface area contributed by atoms with Gasteiger partial charge in [-0.1, -0.05) is 6.92 Å². The Morgan fingerprint density at radius 1 is 1.40 bits per heavy atom. The van der Waals surface area contributed by atoms with E-state index in [1.165, 1.54) is 19.2 Å². The third-order valence-electron chi connectivity index (χ3n) is 2.49. The Morgan fingerprint density at radius 3 is 2.60 bits per heavy atom. The second-order valence-corrected chi connectivity index (χ2v) is 6.20. The molecular weight excluding hydrogens is 295 g/mol. The van der Waals surface area contributed by atoms with Crippen molar-refractivity contribution >= 4 is 10.0 Å². The molecule has 0 saturated heterocycles. The number of aromatic nitrogens is 1. The van der Waals surface area contributed by atoms with Crippen molar-refractivity contribution in [3.8, 4) is 0 Å². The van der Waals surface area contributed by atoms with Gasteiger partial charge in [-0.2, -0.15) is 13.2 Å². The van der Waals surface area contributed by atoms with Gasteiger partial charge in [0.05, 0.1) is 11.3 Å². The smallest absolute Gasteiger partial charge is 0.363 e. The van der Waals surface area contributed by atoms with E-state index in [1.807, 2.05) is 11.6 Å². The quantitative estimate of drug-likeness (QED) is 0.718. The van der Waals surface area contributed by atoms with Gasteiger partial charge < -0.3 is 10.3 Å². The molecule has 0 bridgehead atoms. The minimum absolute atomic E-state index is 0.0700. The molecule has 20 heavy (non-hydrogen) atoms. The van der Waals surface area contributed by atoms with Gasteiger partial charge in [0.15, 0.2) is 0 Å². The lowest BCUT2D eigenvalue weighted by atomic mass is 10.2. The summed E-state index contributed by atoms with van der Waals surface area (Å²) in [6.07, 6.45) is -4.35. The summed E-state index contributed by atoms with van der Waals surface area (Å²) >= 11 is 0. The molecule has 1 unspecified atom stereocenters. The van der Waals surface area contributed by atoms with E-state index < -0.39 is 28.7 Å². The molecule has 0 aliphatic carbocycles. The van der Waals surface area contributed by atoms with Gasteiger partial charge in [-0.05, 0) is 19.5 Å². The Labute approximate surface area is 116 Å². The molecule has 3 N–H and O–H groups in total. The molecule has 1 heterocycles. The number of rotatable bonds is 7. The zero-order chi connectivity index (χ0) is 15.4. The van der Waals surface area contributed by atoms with Gasteiger partial charge in [-0.3, -0.25) is 0 Å². The molecule has 9 heteroatoms. The second-order valence-electron chi connectivity index (χ2n) is 4.48. The van der Waals surface area contributed by atoms with Crippen LogP contribution < -0.4 is 10.0 Å². The van der Waals surface area contributed by atoms with E-state index >= 15 is 0 Å². The van der Waals surface area contributed by atoms with Crippen molar-refractivity contribution < 1.29 is 21.6 Å². The Hall–Kier alpha value is -1.06. The van der Waals surface area contributed by atoms with E-state index in [-0.39, 0.29) is 4.90 Å². The average Bonchev–Trinajstić information content (AvgIpc) is 2.71. The minimum atomic E-state index is -4.41. The lowest BCUT2D eigenvalue weighted by Crippen LogP contribution is -2.35. The first-order valence-corrected chi connectivity index (χ1v) is 7.59. The molecule has 0 spiro atoms. The van der Waals surface area contributed by atoms with Crippen LogP contribution in [0.2, 0.25) is 0 Å². The van der Waals surface area contributed by atoms with Crippen LogP contribution in [0.25, 0.3) is 0 Å². The van der Waals surface area contributed by atoms with Crippen LogP contribution in [-0.4, -0.2) is 32.2 Å². The summed E-state index contributed by atoms with van der Waals surface area (Å²) in [6, 6.07) is 0.179. The van der Waals surface area contributed by atoms with Crippen LogP contribution in [0.15, 0.2) is 17.2 Å². The summed E-state index contributed by atoms with van der Waals surface area (Å²) in [6.45, 7) is 4.27. The minimum Gasteiger partial charge on any atom is -0.363 e. The van der Waals surface area contributed by atoms with Gasteiger partial charge in [-0.25, -0.2) is 13.1 Å². The molecule has 0 amide bonds. The monoisotopic (exact) mass is 313 g/mol. The first kappa shape index (κ1) is 17.0. The maximum absolute atomic E-state index is 12.2. The number of aromatic amines is 1. The summed E-state index contributed by atoms with van der Waals surface area (Å²) in [4.78, 5) is 2.69. The van der Waals surface area contributed by atoms with E-state index in [1.54, 1.807) is 0 Å². The third-order valence-corrected chi connectivity index (χ3v) is 4.06. The van der Waals surface area contributed by atoms with Crippen LogP contribution in [0, 0.1) is 0 Å². The number of alkyl halides is 3. The normalized spacial score (nSPS) is 14.4. The van der Waals surface area contributed by atoms with Gasteiger partial charge in [0.25, 0.3) is 0 Å². The van der Waals surface area contributed by atoms with Crippen molar-refractivity contribution in [1.82, 2.24) is 15.0 Å². The van der Waals surface area contributed by atoms with E-state index in [4.69, 9.17) is 0 Å². The number of nitrogens with one attached hydrogen (secondary N) is 3. The van der Waals surface area contributed by atoms with Crippen molar-refractivity contribution in [2.45, 2.75) is 43.9 Å². The fourth-order valence-corrected chi connectivity index (χ4v) is 2.92. The standard InChI is InChI=1S/C11H18F3N3O2S/c1-3-15-6-9-4-10(7-16-9)20(18,19)17-8(2)5-11(12,13)14/h4,7-8,15-17H,3,5-6H2,1-2H3. The highest BCUT2D eigenvalue weighted by Gasteiger charge is 2.32. The molecule has 0 saturated carbocycles. The van der Waals surface area contributed by atoms with Crippen molar-refractivity contribution in [3.63, 3.8) is 0 Å². The number of H-pyrrole nitrogens is 1. The lowest BCUT2D eigenvalue weighted by molar-refractivity contribution is -0.137. The maximum Gasteiger partial charge on any atom is 0.390 e. The van der Waals surface area contributed by atoms with E-state index in [9.17, 15) is 21.6 Å². The number of halogens is 3. The molecule has 0 aliphatic heterocycles. The number of sulfonamides is 1. The molecule has 0 fully saturated rings. The van der Waals surface area contributed by atoms with Crippen molar-refractivity contribution in [2.75, 3.05) is 6.54 Å². The Morgan fingerprint density at radius 2 is 2.05 bits per heavy atom. The van der Waals surface area contributed by atoms with Crippen LogP contribution in [0.3, 0.4) is 0 Å². The van der Waals surface area contributed by atoms with Crippen molar-refractivity contribution in [1.29, 1.82) is 0 Å². The fraction of sp³-hybridized carbons (Fsp3) is 0.636. The van der Waals surface area contributed by atoms with Gasteiger partial charge in [0.1, 0.15) is 0 Å². The highest BCUT2D eigenvalue weighted by atomic mass is 32.2. The SMILES string of the molecule is CCNCc1cc(S(=O)(=O)NC(C)CC(F)(F)F)c[nH]1. The Bertz CT molecular complexity index is 525. The average molecular weight is 313 g/mol. The zero-order valence-corrected chi connectivity index (χ0v) is 12.0. The van der Waals surface area contributed by atoms with Crippen molar-refractivity contribution in [3.05, 3.63) is 18.0 Å². The summed E-state index contributed by atoms with van der Waals surface area (Å²) in [5.41, 5.74) is 0.649.